The Balaban J connectivity index is 1.76. The van der Waals surface area contributed by atoms with E-state index in [0.717, 1.165) is 16.7 Å². The summed E-state index contributed by atoms with van der Waals surface area (Å²) in [5.41, 5.74) is 3.15. The summed E-state index contributed by atoms with van der Waals surface area (Å²) in [5, 5.41) is 3.18. The minimum Gasteiger partial charge on any atom is -0.465 e. The highest BCUT2D eigenvalue weighted by Crippen LogP contribution is 2.25. The number of nitrogens with one attached hydrogen (secondary N) is 1. The molecule has 188 valence electrons. The van der Waals surface area contributed by atoms with Crippen molar-refractivity contribution in [3.63, 3.8) is 0 Å². The minimum absolute atomic E-state index is 0.251. The number of nitrogens with zero attached hydrogens (tertiary/aromatic N) is 1. The molecule has 1 heterocycles. The number of fused-ring (bicyclic) bond motifs is 1. The number of amides is 1. The molecule has 0 saturated carbocycles. The van der Waals surface area contributed by atoms with Crippen LogP contribution in [-0.2, 0) is 43.2 Å². The van der Waals surface area contributed by atoms with Crippen molar-refractivity contribution in [2.45, 2.75) is 77.7 Å². The molecule has 2 aromatic carbocycles. The van der Waals surface area contributed by atoms with Crippen LogP contribution in [0.25, 0.3) is 0 Å². The van der Waals surface area contributed by atoms with Gasteiger partial charge >= 0.3 is 11.9 Å². The van der Waals surface area contributed by atoms with Crippen LogP contribution in [0.15, 0.2) is 54.6 Å². The van der Waals surface area contributed by atoms with Crippen molar-refractivity contribution in [1.82, 2.24) is 10.2 Å². The smallest absolute Gasteiger partial charge is 0.329 e. The fourth-order valence-electron chi connectivity index (χ4n) is 4.37. The van der Waals surface area contributed by atoms with Gasteiger partial charge in [-0.2, -0.15) is 0 Å². The topological polar surface area (TPSA) is 84.9 Å². The molecule has 1 aliphatic heterocycles. The Hall–Kier alpha value is -3.19. The summed E-state index contributed by atoms with van der Waals surface area (Å²) in [5.74, 6) is -1.05. The number of hydrogen-bond acceptors (Lipinski definition) is 6. The maximum Gasteiger partial charge on any atom is 0.329 e. The Labute approximate surface area is 207 Å². The summed E-state index contributed by atoms with van der Waals surface area (Å²) in [6, 6.07) is 15.6. The van der Waals surface area contributed by atoms with E-state index in [-0.39, 0.29) is 24.6 Å². The largest absolute Gasteiger partial charge is 0.465 e. The average Bonchev–Trinajstić information content (AvgIpc) is 2.85. The molecular weight excluding hydrogens is 444 g/mol. The van der Waals surface area contributed by atoms with E-state index in [9.17, 15) is 14.4 Å². The second kappa shape index (κ2) is 12.5. The van der Waals surface area contributed by atoms with Crippen molar-refractivity contribution in [2.24, 2.45) is 0 Å². The zero-order valence-electron chi connectivity index (χ0n) is 21.0. The average molecular weight is 481 g/mol. The summed E-state index contributed by atoms with van der Waals surface area (Å²) >= 11 is 0. The second-order valence-electron chi connectivity index (χ2n) is 9.16. The van der Waals surface area contributed by atoms with Crippen LogP contribution in [0.4, 0.5) is 0 Å². The number of rotatable bonds is 10. The van der Waals surface area contributed by atoms with E-state index in [1.165, 1.54) is 0 Å². The Morgan fingerprint density at radius 1 is 1.00 bits per heavy atom. The van der Waals surface area contributed by atoms with Crippen LogP contribution < -0.4 is 5.32 Å². The van der Waals surface area contributed by atoms with Crippen molar-refractivity contribution in [2.75, 3.05) is 6.61 Å². The molecule has 7 heteroatoms. The molecule has 1 aliphatic rings. The standard InChI is InChI=1S/C28H36N2O5/c1-5-34-27(32)24(16-15-21-11-7-6-8-12-21)29-20(4)26(31)30-18-23-14-10-9-13-22(23)17-25(30)28(33)35-19(2)3/h6-14,19-20,24-25,29H,5,15-18H2,1-4H3/t20-,24+,25-/m0/s1. The molecule has 3 rings (SSSR count). The highest BCUT2D eigenvalue weighted by molar-refractivity contribution is 5.89. The first kappa shape index (κ1) is 26.4. The quantitative estimate of drug-likeness (QED) is 0.525. The predicted octanol–water partition coefficient (Wildman–Crippen LogP) is 3.43. The van der Waals surface area contributed by atoms with Gasteiger partial charge in [0.1, 0.15) is 12.1 Å². The van der Waals surface area contributed by atoms with Crippen molar-refractivity contribution in [1.29, 1.82) is 0 Å². The van der Waals surface area contributed by atoms with Gasteiger partial charge < -0.3 is 14.4 Å². The maximum absolute atomic E-state index is 13.6. The number of aryl methyl sites for hydroxylation is 1. The zero-order valence-corrected chi connectivity index (χ0v) is 21.0. The molecule has 0 aliphatic carbocycles. The van der Waals surface area contributed by atoms with E-state index >= 15 is 0 Å². The lowest BCUT2D eigenvalue weighted by Gasteiger charge is -2.37. The zero-order chi connectivity index (χ0) is 25.4. The number of ether oxygens (including phenoxy) is 2. The van der Waals surface area contributed by atoms with Gasteiger partial charge in [0.15, 0.2) is 0 Å². The van der Waals surface area contributed by atoms with Crippen LogP contribution in [0.1, 0.15) is 50.8 Å². The fourth-order valence-corrected chi connectivity index (χ4v) is 4.37. The maximum atomic E-state index is 13.6. The minimum atomic E-state index is -0.714. The molecule has 1 N–H and O–H groups in total. The van der Waals surface area contributed by atoms with Gasteiger partial charge in [-0.1, -0.05) is 54.6 Å². The van der Waals surface area contributed by atoms with Crippen LogP contribution in [0.5, 0.6) is 0 Å². The molecule has 0 spiro atoms. The summed E-state index contributed by atoms with van der Waals surface area (Å²) in [6.07, 6.45) is 1.27. The van der Waals surface area contributed by atoms with E-state index in [2.05, 4.69) is 5.32 Å². The van der Waals surface area contributed by atoms with Gasteiger partial charge in [-0.3, -0.25) is 14.9 Å². The first-order valence-electron chi connectivity index (χ1n) is 12.3. The number of hydrogen-bond donors (Lipinski definition) is 1. The number of carbonyl (C=O) groups is 3. The molecule has 35 heavy (non-hydrogen) atoms. The normalized spacial score (nSPS) is 16.8. The van der Waals surface area contributed by atoms with E-state index in [0.29, 0.717) is 25.8 Å². The van der Waals surface area contributed by atoms with Crippen molar-refractivity contribution < 1.29 is 23.9 Å². The van der Waals surface area contributed by atoms with Gasteiger partial charge in [-0.15, -0.1) is 0 Å². The summed E-state index contributed by atoms with van der Waals surface area (Å²) in [7, 11) is 0. The van der Waals surface area contributed by atoms with Crippen molar-refractivity contribution in [3.05, 3.63) is 71.3 Å². The van der Waals surface area contributed by atoms with Gasteiger partial charge in [-0.05, 0) is 57.2 Å². The highest BCUT2D eigenvalue weighted by Gasteiger charge is 2.38. The molecule has 1 amide bonds. The lowest BCUT2D eigenvalue weighted by molar-refractivity contribution is -0.160. The Morgan fingerprint density at radius 3 is 2.31 bits per heavy atom. The summed E-state index contributed by atoms with van der Waals surface area (Å²) in [6.45, 7) is 7.65. The molecule has 0 unspecified atom stereocenters. The van der Waals surface area contributed by atoms with E-state index in [1.54, 1.807) is 32.6 Å². The fraction of sp³-hybridized carbons (Fsp3) is 0.464. The van der Waals surface area contributed by atoms with Gasteiger partial charge in [-0.25, -0.2) is 4.79 Å². The monoisotopic (exact) mass is 480 g/mol. The van der Waals surface area contributed by atoms with Crippen LogP contribution in [0.3, 0.4) is 0 Å². The molecule has 0 saturated heterocycles. The molecule has 0 bridgehead atoms. The number of esters is 2. The van der Waals surface area contributed by atoms with E-state index < -0.39 is 24.1 Å². The van der Waals surface area contributed by atoms with Crippen LogP contribution in [0, 0.1) is 0 Å². The van der Waals surface area contributed by atoms with E-state index in [4.69, 9.17) is 9.47 Å². The second-order valence-corrected chi connectivity index (χ2v) is 9.16. The molecule has 0 aromatic heterocycles. The third-order valence-corrected chi connectivity index (χ3v) is 6.11. The van der Waals surface area contributed by atoms with Gasteiger partial charge in [0.2, 0.25) is 5.91 Å². The number of carbonyl (C=O) groups excluding carboxylic acids is 3. The lowest BCUT2D eigenvalue weighted by Crippen LogP contribution is -2.57. The molecule has 0 radical (unpaired) electrons. The molecule has 3 atom stereocenters. The Kier molecular flexibility index (Phi) is 9.43. The molecule has 7 nitrogen and oxygen atoms in total. The van der Waals surface area contributed by atoms with Gasteiger partial charge in [0, 0.05) is 13.0 Å². The van der Waals surface area contributed by atoms with Crippen LogP contribution >= 0.6 is 0 Å². The summed E-state index contributed by atoms with van der Waals surface area (Å²) < 4.78 is 10.7. The Morgan fingerprint density at radius 2 is 1.66 bits per heavy atom. The predicted molar refractivity (Wildman–Crippen MR) is 133 cm³/mol. The first-order valence-corrected chi connectivity index (χ1v) is 12.3. The van der Waals surface area contributed by atoms with Crippen molar-refractivity contribution >= 4 is 17.8 Å². The summed E-state index contributed by atoms with van der Waals surface area (Å²) in [4.78, 5) is 40.8. The molecule has 2 aromatic rings. The van der Waals surface area contributed by atoms with Crippen LogP contribution in [0.2, 0.25) is 0 Å². The third kappa shape index (κ3) is 7.15. The Bertz CT molecular complexity index is 1010. The van der Waals surface area contributed by atoms with Gasteiger partial charge in [0.05, 0.1) is 18.8 Å². The highest BCUT2D eigenvalue weighted by atomic mass is 16.5. The molecule has 0 fully saturated rings. The van der Waals surface area contributed by atoms with Crippen molar-refractivity contribution in [3.8, 4) is 0 Å². The molecular formula is C28H36N2O5. The SMILES string of the molecule is CCOC(=O)[C@@H](CCc1ccccc1)N[C@@H](C)C(=O)N1Cc2ccccc2C[C@H]1C(=O)OC(C)C. The van der Waals surface area contributed by atoms with Crippen LogP contribution in [-0.4, -0.2) is 53.6 Å². The first-order chi connectivity index (χ1) is 16.8. The third-order valence-electron chi connectivity index (χ3n) is 6.11. The number of benzene rings is 2. The van der Waals surface area contributed by atoms with E-state index in [1.807, 2.05) is 54.6 Å². The lowest BCUT2D eigenvalue weighted by atomic mass is 9.93. The van der Waals surface area contributed by atoms with Gasteiger partial charge in [0.25, 0.3) is 0 Å².